The summed E-state index contributed by atoms with van der Waals surface area (Å²) in [6.07, 6.45) is 1.82. The first kappa shape index (κ1) is 13.8. The van der Waals surface area contributed by atoms with E-state index in [-0.39, 0.29) is 0 Å². The Morgan fingerprint density at radius 3 is 2.26 bits per heavy atom. The Labute approximate surface area is 114 Å². The first-order chi connectivity index (χ1) is 9.15. The third-order valence-electron chi connectivity index (χ3n) is 3.43. The number of rotatable bonds is 4. The molecular formula is C16H19BO2. The molecule has 0 heterocycles. The van der Waals surface area contributed by atoms with Crippen LogP contribution in [0.15, 0.2) is 42.5 Å². The van der Waals surface area contributed by atoms with Gasteiger partial charge in [-0.3, -0.25) is 0 Å². The lowest BCUT2D eigenvalue weighted by Crippen LogP contribution is -2.33. The van der Waals surface area contributed by atoms with E-state index in [2.05, 4.69) is 32.0 Å². The van der Waals surface area contributed by atoms with Crippen LogP contribution in [-0.2, 0) is 6.42 Å². The van der Waals surface area contributed by atoms with Gasteiger partial charge in [0.05, 0.1) is 0 Å². The minimum Gasteiger partial charge on any atom is -0.423 e. The van der Waals surface area contributed by atoms with Crippen LogP contribution in [0.2, 0.25) is 0 Å². The maximum absolute atomic E-state index is 9.53. The molecule has 0 aliphatic rings. The Balaban J connectivity index is 2.63. The standard InChI is InChI=1S/C16H19BO2/c1-3-7-15-14(10-6-11-16(15)17(18)19)13-9-5-4-8-12(13)2/h4-6,8-11,18-19H,3,7H2,1-2H3. The summed E-state index contributed by atoms with van der Waals surface area (Å²) in [5.41, 5.74) is 5.11. The highest BCUT2D eigenvalue weighted by atomic mass is 16.4. The lowest BCUT2D eigenvalue weighted by Gasteiger charge is -2.15. The molecule has 0 aliphatic carbocycles. The molecule has 0 unspecified atom stereocenters. The van der Waals surface area contributed by atoms with Gasteiger partial charge in [0.15, 0.2) is 0 Å². The van der Waals surface area contributed by atoms with Gasteiger partial charge < -0.3 is 10.0 Å². The fourth-order valence-corrected chi connectivity index (χ4v) is 2.50. The summed E-state index contributed by atoms with van der Waals surface area (Å²) in [5, 5.41) is 19.1. The lowest BCUT2D eigenvalue weighted by molar-refractivity contribution is 0.425. The molecule has 2 aromatic rings. The fourth-order valence-electron chi connectivity index (χ4n) is 2.50. The van der Waals surface area contributed by atoms with Crippen LogP contribution in [0.3, 0.4) is 0 Å². The van der Waals surface area contributed by atoms with E-state index in [0.29, 0.717) is 5.46 Å². The summed E-state index contributed by atoms with van der Waals surface area (Å²) in [5.74, 6) is 0. The van der Waals surface area contributed by atoms with E-state index in [1.165, 1.54) is 5.56 Å². The Bertz CT molecular complexity index is 564. The van der Waals surface area contributed by atoms with Crippen molar-refractivity contribution in [3.8, 4) is 11.1 Å². The van der Waals surface area contributed by atoms with Crippen LogP contribution in [0.1, 0.15) is 24.5 Å². The summed E-state index contributed by atoms with van der Waals surface area (Å²) in [6.45, 7) is 4.18. The van der Waals surface area contributed by atoms with Crippen LogP contribution in [-0.4, -0.2) is 17.2 Å². The molecule has 0 atom stereocenters. The topological polar surface area (TPSA) is 40.5 Å². The number of hydrogen-bond donors (Lipinski definition) is 2. The Morgan fingerprint density at radius 1 is 0.947 bits per heavy atom. The summed E-state index contributed by atoms with van der Waals surface area (Å²) in [6, 6.07) is 13.9. The van der Waals surface area contributed by atoms with Gasteiger partial charge in [-0.25, -0.2) is 0 Å². The van der Waals surface area contributed by atoms with Crippen LogP contribution >= 0.6 is 0 Å². The highest BCUT2D eigenvalue weighted by Gasteiger charge is 2.18. The molecule has 0 fully saturated rings. The normalized spacial score (nSPS) is 10.5. The van der Waals surface area contributed by atoms with Crippen molar-refractivity contribution in [2.75, 3.05) is 0 Å². The van der Waals surface area contributed by atoms with E-state index in [1.54, 1.807) is 6.07 Å². The van der Waals surface area contributed by atoms with Crippen LogP contribution in [0, 0.1) is 6.92 Å². The van der Waals surface area contributed by atoms with Crippen molar-refractivity contribution >= 4 is 12.6 Å². The summed E-state index contributed by atoms with van der Waals surface area (Å²) in [4.78, 5) is 0. The predicted octanol–water partition coefficient (Wildman–Crippen LogP) is 2.29. The molecule has 2 N–H and O–H groups in total. The number of benzene rings is 2. The zero-order chi connectivity index (χ0) is 13.8. The average Bonchev–Trinajstić information content (AvgIpc) is 2.40. The van der Waals surface area contributed by atoms with Crippen molar-refractivity contribution in [2.45, 2.75) is 26.7 Å². The molecule has 0 spiro atoms. The molecule has 0 aliphatic heterocycles. The Morgan fingerprint density at radius 2 is 1.63 bits per heavy atom. The average molecular weight is 254 g/mol. The molecule has 0 aromatic heterocycles. The van der Waals surface area contributed by atoms with E-state index in [0.717, 1.165) is 29.5 Å². The molecule has 0 amide bonds. The van der Waals surface area contributed by atoms with Crippen LogP contribution < -0.4 is 5.46 Å². The van der Waals surface area contributed by atoms with E-state index in [4.69, 9.17) is 0 Å². The predicted molar refractivity (Wildman–Crippen MR) is 80.4 cm³/mol. The highest BCUT2D eigenvalue weighted by Crippen LogP contribution is 2.26. The monoisotopic (exact) mass is 254 g/mol. The highest BCUT2D eigenvalue weighted by molar-refractivity contribution is 6.59. The molecule has 2 rings (SSSR count). The summed E-state index contributed by atoms with van der Waals surface area (Å²) < 4.78 is 0. The molecule has 0 bridgehead atoms. The van der Waals surface area contributed by atoms with E-state index < -0.39 is 7.12 Å². The molecular weight excluding hydrogens is 235 g/mol. The molecule has 19 heavy (non-hydrogen) atoms. The molecule has 0 saturated heterocycles. The summed E-state index contributed by atoms with van der Waals surface area (Å²) >= 11 is 0. The van der Waals surface area contributed by atoms with Gasteiger partial charge in [0.1, 0.15) is 0 Å². The van der Waals surface area contributed by atoms with Gasteiger partial charge in [-0.1, -0.05) is 55.8 Å². The minimum atomic E-state index is -1.41. The van der Waals surface area contributed by atoms with Crippen molar-refractivity contribution < 1.29 is 10.0 Å². The van der Waals surface area contributed by atoms with Gasteiger partial charge in [0.2, 0.25) is 0 Å². The zero-order valence-electron chi connectivity index (χ0n) is 11.4. The first-order valence-electron chi connectivity index (χ1n) is 6.69. The van der Waals surface area contributed by atoms with Gasteiger partial charge in [0.25, 0.3) is 0 Å². The SMILES string of the molecule is CCCc1c(B(O)O)cccc1-c1ccccc1C. The van der Waals surface area contributed by atoms with Crippen molar-refractivity contribution in [1.82, 2.24) is 0 Å². The van der Waals surface area contributed by atoms with Gasteiger partial charge in [0, 0.05) is 0 Å². The van der Waals surface area contributed by atoms with Gasteiger partial charge >= 0.3 is 7.12 Å². The largest absolute Gasteiger partial charge is 0.488 e. The smallest absolute Gasteiger partial charge is 0.423 e. The molecule has 2 aromatic carbocycles. The first-order valence-corrected chi connectivity index (χ1v) is 6.69. The van der Waals surface area contributed by atoms with E-state index in [9.17, 15) is 10.0 Å². The maximum atomic E-state index is 9.53. The second-order valence-corrected chi connectivity index (χ2v) is 4.81. The second kappa shape index (κ2) is 6.05. The minimum absolute atomic E-state index is 0.614. The van der Waals surface area contributed by atoms with Crippen molar-refractivity contribution in [3.05, 3.63) is 53.6 Å². The quantitative estimate of drug-likeness (QED) is 0.822. The van der Waals surface area contributed by atoms with Crippen molar-refractivity contribution in [2.24, 2.45) is 0 Å². The van der Waals surface area contributed by atoms with Gasteiger partial charge in [-0.15, -0.1) is 0 Å². The van der Waals surface area contributed by atoms with Crippen molar-refractivity contribution in [3.63, 3.8) is 0 Å². The van der Waals surface area contributed by atoms with Gasteiger partial charge in [-0.2, -0.15) is 0 Å². The Hall–Kier alpha value is -1.58. The summed E-state index contributed by atoms with van der Waals surface area (Å²) in [7, 11) is -1.41. The third-order valence-corrected chi connectivity index (χ3v) is 3.43. The van der Waals surface area contributed by atoms with Gasteiger partial charge in [-0.05, 0) is 41.1 Å². The van der Waals surface area contributed by atoms with E-state index in [1.807, 2.05) is 18.2 Å². The van der Waals surface area contributed by atoms with Crippen LogP contribution in [0.4, 0.5) is 0 Å². The fraction of sp³-hybridized carbons (Fsp3) is 0.250. The van der Waals surface area contributed by atoms with E-state index >= 15 is 0 Å². The molecule has 3 heteroatoms. The van der Waals surface area contributed by atoms with Crippen LogP contribution in [0.5, 0.6) is 0 Å². The molecule has 0 radical (unpaired) electrons. The van der Waals surface area contributed by atoms with Crippen LogP contribution in [0.25, 0.3) is 11.1 Å². The second-order valence-electron chi connectivity index (χ2n) is 4.81. The lowest BCUT2D eigenvalue weighted by atomic mass is 9.73. The zero-order valence-corrected chi connectivity index (χ0v) is 11.4. The Kier molecular flexibility index (Phi) is 4.41. The molecule has 2 nitrogen and oxygen atoms in total. The number of hydrogen-bond acceptors (Lipinski definition) is 2. The number of aryl methyl sites for hydroxylation is 1. The molecule has 0 saturated carbocycles. The molecule has 98 valence electrons. The third kappa shape index (κ3) is 2.88. The van der Waals surface area contributed by atoms with Crippen molar-refractivity contribution in [1.29, 1.82) is 0 Å². The maximum Gasteiger partial charge on any atom is 0.488 e.